The third-order valence-corrected chi connectivity index (χ3v) is 5.43. The molecule has 170 valence electrons. The summed E-state index contributed by atoms with van der Waals surface area (Å²) in [6.45, 7) is 9.51. The first-order valence-corrected chi connectivity index (χ1v) is 10.4. The average molecular weight is 539 g/mol. The molecule has 1 heterocycles. The van der Waals surface area contributed by atoms with Gasteiger partial charge in [0.05, 0.1) is 20.8 Å². The Morgan fingerprint density at radius 1 is 0.935 bits per heavy atom. The van der Waals surface area contributed by atoms with Gasteiger partial charge in [0.15, 0.2) is 17.5 Å². The molecule has 3 N–H and O–H groups in total. The highest BCUT2D eigenvalue weighted by Crippen LogP contribution is 2.29. The number of nitrogens with one attached hydrogen (secondary N) is 1. The zero-order chi connectivity index (χ0) is 21.3. The smallest absolute Gasteiger partial charge is 0.193 e. The van der Waals surface area contributed by atoms with E-state index < -0.39 is 0 Å². The van der Waals surface area contributed by atoms with E-state index in [2.05, 4.69) is 51.3 Å². The molecule has 0 aliphatic carbocycles. The van der Waals surface area contributed by atoms with Gasteiger partial charge in [0.2, 0.25) is 0 Å². The Hall–Kier alpha value is -2.04. The van der Waals surface area contributed by atoms with E-state index in [1.807, 2.05) is 18.2 Å². The van der Waals surface area contributed by atoms with Gasteiger partial charge in [0.25, 0.3) is 0 Å². The molecule has 1 aliphatic heterocycles. The van der Waals surface area contributed by atoms with Crippen molar-refractivity contribution in [2.45, 2.75) is 20.0 Å². The summed E-state index contributed by atoms with van der Waals surface area (Å²) in [6.07, 6.45) is 0. The molecule has 2 aromatic rings. The number of hydrogen-bond acceptors (Lipinski definition) is 5. The quantitative estimate of drug-likeness (QED) is 0.305. The third kappa shape index (κ3) is 7.55. The van der Waals surface area contributed by atoms with Crippen LogP contribution >= 0.6 is 24.0 Å². The van der Waals surface area contributed by atoms with Gasteiger partial charge < -0.3 is 25.4 Å². The highest BCUT2D eigenvalue weighted by atomic mass is 127. The molecule has 0 saturated carbocycles. The van der Waals surface area contributed by atoms with Crippen LogP contribution in [0.2, 0.25) is 0 Å². The zero-order valence-corrected chi connectivity index (χ0v) is 21.0. The largest absolute Gasteiger partial charge is 0.493 e. The van der Waals surface area contributed by atoms with Gasteiger partial charge in [-0.2, -0.15) is 0 Å². The number of benzene rings is 2. The van der Waals surface area contributed by atoms with Gasteiger partial charge in [-0.3, -0.25) is 4.90 Å². The predicted molar refractivity (Wildman–Crippen MR) is 138 cm³/mol. The molecule has 0 amide bonds. The second-order valence-corrected chi connectivity index (χ2v) is 7.42. The van der Waals surface area contributed by atoms with E-state index in [9.17, 15) is 0 Å². The summed E-state index contributed by atoms with van der Waals surface area (Å²) in [4.78, 5) is 9.46. The minimum absolute atomic E-state index is 0. The number of nitrogens with two attached hydrogens (primary N) is 1. The zero-order valence-electron chi connectivity index (χ0n) is 18.6. The normalized spacial score (nSPS) is 15.3. The number of anilines is 1. The van der Waals surface area contributed by atoms with E-state index in [1.54, 1.807) is 14.2 Å². The molecule has 0 atom stereocenters. The van der Waals surface area contributed by atoms with Gasteiger partial charge in [-0.25, -0.2) is 4.99 Å². The summed E-state index contributed by atoms with van der Waals surface area (Å²) in [5, 5.41) is 3.09. The lowest BCUT2D eigenvalue weighted by atomic mass is 10.1. The Kier molecular flexibility index (Phi) is 10.4. The molecule has 2 aromatic carbocycles. The van der Waals surface area contributed by atoms with Crippen LogP contribution in [0.4, 0.5) is 5.69 Å². The van der Waals surface area contributed by atoms with Crippen molar-refractivity contribution >= 4 is 35.6 Å². The summed E-state index contributed by atoms with van der Waals surface area (Å²) in [5.74, 6) is 1.67. The number of nitrogens with zero attached hydrogens (tertiary/aromatic N) is 3. The average Bonchev–Trinajstić information content (AvgIpc) is 2.79. The van der Waals surface area contributed by atoms with Crippen LogP contribution in [0, 0.1) is 0 Å². The minimum Gasteiger partial charge on any atom is -0.493 e. The SMILES string of the molecule is CCN1CCN(Cc2ccc(CN=C(N)Nc3ccc(OC)c(OC)c3)cc2)CC1.I. The molecular formula is C23H34IN5O2. The summed E-state index contributed by atoms with van der Waals surface area (Å²) in [7, 11) is 3.21. The van der Waals surface area contributed by atoms with E-state index in [0.717, 1.165) is 50.5 Å². The van der Waals surface area contributed by atoms with Crippen molar-refractivity contribution in [2.75, 3.05) is 52.3 Å². The van der Waals surface area contributed by atoms with Gasteiger partial charge in [-0.1, -0.05) is 31.2 Å². The van der Waals surface area contributed by atoms with Crippen LogP contribution in [0.25, 0.3) is 0 Å². The molecule has 3 rings (SSSR count). The highest BCUT2D eigenvalue weighted by Gasteiger charge is 2.15. The number of hydrogen-bond donors (Lipinski definition) is 2. The topological polar surface area (TPSA) is 75.4 Å². The summed E-state index contributed by atoms with van der Waals surface area (Å²) in [6, 6.07) is 14.2. The maximum Gasteiger partial charge on any atom is 0.193 e. The summed E-state index contributed by atoms with van der Waals surface area (Å²) in [5.41, 5.74) is 9.31. The van der Waals surface area contributed by atoms with Crippen LogP contribution in [0.3, 0.4) is 0 Å². The van der Waals surface area contributed by atoms with E-state index in [-0.39, 0.29) is 24.0 Å². The van der Waals surface area contributed by atoms with Crippen molar-refractivity contribution in [3.05, 3.63) is 53.6 Å². The molecule has 1 fully saturated rings. The first kappa shape index (κ1) is 25.2. The van der Waals surface area contributed by atoms with E-state index in [0.29, 0.717) is 24.0 Å². The lowest BCUT2D eigenvalue weighted by Gasteiger charge is -2.34. The fourth-order valence-electron chi connectivity index (χ4n) is 3.55. The number of piperazine rings is 1. The Morgan fingerprint density at radius 2 is 1.55 bits per heavy atom. The number of ether oxygens (including phenoxy) is 2. The second kappa shape index (κ2) is 12.7. The van der Waals surface area contributed by atoms with Crippen molar-refractivity contribution in [2.24, 2.45) is 10.7 Å². The molecule has 0 radical (unpaired) electrons. The van der Waals surface area contributed by atoms with E-state index >= 15 is 0 Å². The number of aliphatic imine (C=N–C) groups is 1. The second-order valence-electron chi connectivity index (χ2n) is 7.42. The number of guanidine groups is 1. The number of rotatable bonds is 8. The Labute approximate surface area is 202 Å². The Morgan fingerprint density at radius 3 is 2.16 bits per heavy atom. The Balaban J connectivity index is 0.00000341. The van der Waals surface area contributed by atoms with Gasteiger partial charge >= 0.3 is 0 Å². The van der Waals surface area contributed by atoms with Crippen molar-refractivity contribution in [3.8, 4) is 11.5 Å². The number of likely N-dealkylation sites (N-methyl/N-ethyl adjacent to an activating group) is 1. The molecule has 0 unspecified atom stereocenters. The molecule has 8 heteroatoms. The predicted octanol–water partition coefficient (Wildman–Crippen LogP) is 3.39. The third-order valence-electron chi connectivity index (χ3n) is 5.43. The standard InChI is InChI=1S/C23H33N5O2.HI/c1-4-27-11-13-28(14-12-27)17-19-7-5-18(6-8-19)16-25-23(24)26-20-9-10-21(29-2)22(15-20)30-3;/h5-10,15H,4,11-14,16-17H2,1-3H3,(H3,24,25,26);1H. The van der Waals surface area contributed by atoms with Crippen LogP contribution in [0.5, 0.6) is 11.5 Å². The van der Waals surface area contributed by atoms with E-state index in [1.165, 1.54) is 5.56 Å². The molecule has 0 bridgehead atoms. The number of methoxy groups -OCH3 is 2. The van der Waals surface area contributed by atoms with Gasteiger partial charge in [0.1, 0.15) is 0 Å². The van der Waals surface area contributed by atoms with Crippen LogP contribution in [-0.2, 0) is 13.1 Å². The van der Waals surface area contributed by atoms with Crippen molar-refractivity contribution in [3.63, 3.8) is 0 Å². The molecular weight excluding hydrogens is 505 g/mol. The molecule has 0 aromatic heterocycles. The molecule has 0 spiro atoms. The fraction of sp³-hybridized carbons (Fsp3) is 0.435. The van der Waals surface area contributed by atoms with Crippen molar-refractivity contribution < 1.29 is 9.47 Å². The van der Waals surface area contributed by atoms with Gasteiger partial charge in [-0.05, 0) is 29.8 Å². The maximum absolute atomic E-state index is 6.05. The molecule has 1 saturated heterocycles. The minimum atomic E-state index is 0. The lowest BCUT2D eigenvalue weighted by Crippen LogP contribution is -2.45. The highest BCUT2D eigenvalue weighted by molar-refractivity contribution is 14.0. The first-order chi connectivity index (χ1) is 14.6. The van der Waals surface area contributed by atoms with Crippen LogP contribution in [0.1, 0.15) is 18.1 Å². The number of halogens is 1. The van der Waals surface area contributed by atoms with Gasteiger partial charge in [-0.15, -0.1) is 24.0 Å². The molecule has 1 aliphatic rings. The maximum atomic E-state index is 6.05. The van der Waals surface area contributed by atoms with Crippen molar-refractivity contribution in [1.82, 2.24) is 9.80 Å². The van der Waals surface area contributed by atoms with Crippen LogP contribution in [0.15, 0.2) is 47.5 Å². The van der Waals surface area contributed by atoms with Gasteiger partial charge in [0, 0.05) is 44.5 Å². The molecule has 31 heavy (non-hydrogen) atoms. The molecule has 7 nitrogen and oxygen atoms in total. The summed E-state index contributed by atoms with van der Waals surface area (Å²) < 4.78 is 10.6. The fourth-order valence-corrected chi connectivity index (χ4v) is 3.55. The Bertz CT molecular complexity index is 836. The van der Waals surface area contributed by atoms with E-state index in [4.69, 9.17) is 15.2 Å². The summed E-state index contributed by atoms with van der Waals surface area (Å²) >= 11 is 0. The van der Waals surface area contributed by atoms with Crippen LogP contribution in [-0.4, -0.2) is 62.7 Å². The van der Waals surface area contributed by atoms with Crippen LogP contribution < -0.4 is 20.5 Å². The monoisotopic (exact) mass is 539 g/mol. The lowest BCUT2D eigenvalue weighted by molar-refractivity contribution is 0.132. The first-order valence-electron chi connectivity index (χ1n) is 10.4. The van der Waals surface area contributed by atoms with Crippen molar-refractivity contribution in [1.29, 1.82) is 0 Å².